The van der Waals surface area contributed by atoms with Crippen LogP contribution >= 0.6 is 27.3 Å². The number of carbonyl (C=O) groups is 1. The van der Waals surface area contributed by atoms with Gasteiger partial charge in [0.15, 0.2) is 16.6 Å². The van der Waals surface area contributed by atoms with Gasteiger partial charge in [-0.1, -0.05) is 34.1 Å². The molecule has 3 aromatic rings. The number of amides is 1. The van der Waals surface area contributed by atoms with Gasteiger partial charge in [-0.2, -0.15) is 0 Å². The van der Waals surface area contributed by atoms with E-state index in [4.69, 9.17) is 9.47 Å². The zero-order valence-corrected chi connectivity index (χ0v) is 16.7. The highest BCUT2D eigenvalue weighted by Crippen LogP contribution is 2.31. The van der Waals surface area contributed by atoms with Crippen LogP contribution in [0.4, 0.5) is 5.13 Å². The van der Waals surface area contributed by atoms with Crippen molar-refractivity contribution < 1.29 is 14.3 Å². The molecule has 0 aliphatic carbocycles. The largest absolute Gasteiger partial charge is 0.493 e. The Hall–Kier alpha value is -2.38. The Morgan fingerprint density at radius 3 is 2.62 bits per heavy atom. The number of nitrogens with one attached hydrogen (secondary N) is 1. The smallest absolute Gasteiger partial charge is 0.261 e. The van der Waals surface area contributed by atoms with Crippen molar-refractivity contribution in [1.82, 2.24) is 4.98 Å². The summed E-state index contributed by atoms with van der Waals surface area (Å²) in [5, 5.41) is 3.37. The number of thiazole rings is 1. The Morgan fingerprint density at radius 1 is 1.15 bits per heavy atom. The van der Waals surface area contributed by atoms with Crippen LogP contribution in [0, 0.1) is 0 Å². The number of hydrogen-bond acceptors (Lipinski definition) is 5. The number of ether oxygens (including phenoxy) is 2. The van der Waals surface area contributed by atoms with Crippen LogP contribution in [0.15, 0.2) is 53.1 Å². The molecular formula is C19H17BrN2O3S. The number of para-hydroxylation sites is 1. The number of hydrogen-bond donors (Lipinski definition) is 1. The van der Waals surface area contributed by atoms with Crippen molar-refractivity contribution in [3.63, 3.8) is 0 Å². The summed E-state index contributed by atoms with van der Waals surface area (Å²) in [6.07, 6.45) is 2.55. The number of aromatic nitrogens is 1. The average molecular weight is 433 g/mol. The number of carbonyl (C=O) groups excluding carboxylic acids is 1. The van der Waals surface area contributed by atoms with E-state index in [0.29, 0.717) is 22.2 Å². The van der Waals surface area contributed by atoms with Gasteiger partial charge in [-0.3, -0.25) is 10.1 Å². The van der Waals surface area contributed by atoms with Crippen molar-refractivity contribution in [3.8, 4) is 11.5 Å². The molecule has 0 spiro atoms. The Morgan fingerprint density at radius 2 is 1.92 bits per heavy atom. The van der Waals surface area contributed by atoms with Gasteiger partial charge in [0.2, 0.25) is 0 Å². The van der Waals surface area contributed by atoms with Gasteiger partial charge in [0.05, 0.1) is 19.8 Å². The summed E-state index contributed by atoms with van der Waals surface area (Å²) < 4.78 is 11.6. The molecule has 7 heteroatoms. The summed E-state index contributed by atoms with van der Waals surface area (Å²) in [6.45, 7) is 0. The lowest BCUT2D eigenvalue weighted by molar-refractivity contribution is 0.102. The van der Waals surface area contributed by atoms with Crippen LogP contribution in [0.2, 0.25) is 0 Å². The fourth-order valence-electron chi connectivity index (χ4n) is 2.48. The molecule has 1 aromatic heterocycles. The number of methoxy groups -OCH3 is 2. The third-order valence-electron chi connectivity index (χ3n) is 3.71. The van der Waals surface area contributed by atoms with E-state index in [1.54, 1.807) is 24.4 Å². The van der Waals surface area contributed by atoms with Crippen LogP contribution in [0.1, 0.15) is 20.8 Å². The van der Waals surface area contributed by atoms with E-state index in [-0.39, 0.29) is 5.91 Å². The molecule has 134 valence electrons. The molecule has 0 radical (unpaired) electrons. The minimum Gasteiger partial charge on any atom is -0.493 e. The predicted octanol–water partition coefficient (Wildman–Crippen LogP) is 4.77. The van der Waals surface area contributed by atoms with Crippen LogP contribution in [-0.4, -0.2) is 25.1 Å². The SMILES string of the molecule is COc1cccc(C(=O)Nc2ncc(Cc3ccc(Br)cc3)s2)c1OC. The molecule has 0 atom stereocenters. The summed E-state index contributed by atoms with van der Waals surface area (Å²) in [5.74, 6) is 0.625. The Bertz CT molecular complexity index is 909. The van der Waals surface area contributed by atoms with Gasteiger partial charge >= 0.3 is 0 Å². The second-order valence-electron chi connectivity index (χ2n) is 5.43. The zero-order valence-electron chi connectivity index (χ0n) is 14.3. The molecular weight excluding hydrogens is 416 g/mol. The van der Waals surface area contributed by atoms with Crippen molar-refractivity contribution in [2.75, 3.05) is 19.5 Å². The van der Waals surface area contributed by atoms with E-state index < -0.39 is 0 Å². The Kier molecular flexibility index (Phi) is 5.90. The molecule has 1 heterocycles. The molecule has 5 nitrogen and oxygen atoms in total. The molecule has 1 amide bonds. The molecule has 0 aliphatic rings. The molecule has 0 saturated heterocycles. The van der Waals surface area contributed by atoms with Gasteiger partial charge in [0.25, 0.3) is 5.91 Å². The van der Waals surface area contributed by atoms with Gasteiger partial charge < -0.3 is 9.47 Å². The maximum absolute atomic E-state index is 12.6. The lowest BCUT2D eigenvalue weighted by atomic mass is 10.1. The standard InChI is InChI=1S/C19H17BrN2O3S/c1-24-16-5-3-4-15(17(16)25-2)18(23)22-19-21-11-14(26-19)10-12-6-8-13(20)9-7-12/h3-9,11H,10H2,1-2H3,(H,21,22,23). The third-order valence-corrected chi connectivity index (χ3v) is 5.15. The number of halogens is 1. The van der Waals surface area contributed by atoms with E-state index in [2.05, 4.69) is 38.4 Å². The lowest BCUT2D eigenvalue weighted by Gasteiger charge is -2.11. The van der Waals surface area contributed by atoms with Crippen LogP contribution in [0.25, 0.3) is 0 Å². The number of nitrogens with zero attached hydrogens (tertiary/aromatic N) is 1. The van der Waals surface area contributed by atoms with Gasteiger partial charge in [-0.05, 0) is 29.8 Å². The van der Waals surface area contributed by atoms with Crippen LogP contribution in [0.5, 0.6) is 11.5 Å². The molecule has 2 aromatic carbocycles. The number of anilines is 1. The van der Waals surface area contributed by atoms with E-state index in [1.807, 2.05) is 12.1 Å². The highest BCUT2D eigenvalue weighted by molar-refractivity contribution is 9.10. The van der Waals surface area contributed by atoms with Crippen LogP contribution in [-0.2, 0) is 6.42 Å². The zero-order chi connectivity index (χ0) is 18.5. The minimum absolute atomic E-state index is 0.287. The van der Waals surface area contributed by atoms with Crippen molar-refractivity contribution >= 4 is 38.3 Å². The van der Waals surface area contributed by atoms with Gasteiger partial charge in [0, 0.05) is 22.0 Å². The fraction of sp³-hybridized carbons (Fsp3) is 0.158. The quantitative estimate of drug-likeness (QED) is 0.609. The molecule has 0 fully saturated rings. The van der Waals surface area contributed by atoms with Crippen molar-refractivity contribution in [3.05, 3.63) is 69.1 Å². The summed E-state index contributed by atoms with van der Waals surface area (Å²) in [4.78, 5) is 18.0. The van der Waals surface area contributed by atoms with E-state index in [1.165, 1.54) is 31.1 Å². The van der Waals surface area contributed by atoms with Crippen molar-refractivity contribution in [1.29, 1.82) is 0 Å². The lowest BCUT2D eigenvalue weighted by Crippen LogP contribution is -2.13. The van der Waals surface area contributed by atoms with Crippen LogP contribution in [0.3, 0.4) is 0 Å². The molecule has 3 rings (SSSR count). The maximum Gasteiger partial charge on any atom is 0.261 e. The van der Waals surface area contributed by atoms with Crippen molar-refractivity contribution in [2.45, 2.75) is 6.42 Å². The van der Waals surface area contributed by atoms with Crippen LogP contribution < -0.4 is 14.8 Å². The van der Waals surface area contributed by atoms with Crippen molar-refractivity contribution in [2.24, 2.45) is 0 Å². The first-order valence-electron chi connectivity index (χ1n) is 7.82. The first-order valence-corrected chi connectivity index (χ1v) is 9.43. The number of rotatable bonds is 6. The fourth-order valence-corrected chi connectivity index (χ4v) is 3.59. The topological polar surface area (TPSA) is 60.5 Å². The predicted molar refractivity (Wildman–Crippen MR) is 107 cm³/mol. The second kappa shape index (κ2) is 8.33. The molecule has 0 bridgehead atoms. The third kappa shape index (κ3) is 4.23. The minimum atomic E-state index is -0.287. The number of benzene rings is 2. The normalized spacial score (nSPS) is 10.4. The van der Waals surface area contributed by atoms with E-state index in [0.717, 1.165) is 15.8 Å². The molecule has 0 aliphatic heterocycles. The molecule has 26 heavy (non-hydrogen) atoms. The van der Waals surface area contributed by atoms with Gasteiger partial charge in [-0.15, -0.1) is 11.3 Å². The molecule has 1 N–H and O–H groups in total. The monoisotopic (exact) mass is 432 g/mol. The summed E-state index contributed by atoms with van der Waals surface area (Å²) >= 11 is 4.88. The highest BCUT2D eigenvalue weighted by atomic mass is 79.9. The Labute approximate surface area is 164 Å². The second-order valence-corrected chi connectivity index (χ2v) is 7.46. The Balaban J connectivity index is 1.73. The first kappa shape index (κ1) is 18.4. The van der Waals surface area contributed by atoms with Gasteiger partial charge in [0.1, 0.15) is 0 Å². The average Bonchev–Trinajstić information content (AvgIpc) is 3.09. The molecule has 0 saturated carbocycles. The molecule has 0 unspecified atom stereocenters. The maximum atomic E-state index is 12.6. The summed E-state index contributed by atoms with van der Waals surface area (Å²) in [5.41, 5.74) is 1.58. The summed E-state index contributed by atoms with van der Waals surface area (Å²) in [7, 11) is 3.04. The first-order chi connectivity index (χ1) is 12.6. The van der Waals surface area contributed by atoms with Gasteiger partial charge in [-0.25, -0.2) is 4.98 Å². The van der Waals surface area contributed by atoms with E-state index in [9.17, 15) is 4.79 Å². The summed E-state index contributed by atoms with van der Waals surface area (Å²) in [6, 6.07) is 13.3. The van der Waals surface area contributed by atoms with E-state index >= 15 is 0 Å². The highest BCUT2D eigenvalue weighted by Gasteiger charge is 2.17.